The summed E-state index contributed by atoms with van der Waals surface area (Å²) in [7, 11) is 0. The molecular formula is C12H21N3. The molecule has 1 N–H and O–H groups in total. The van der Waals surface area contributed by atoms with Crippen molar-refractivity contribution in [1.82, 2.24) is 14.9 Å². The van der Waals surface area contributed by atoms with E-state index in [4.69, 9.17) is 0 Å². The Morgan fingerprint density at radius 2 is 2.20 bits per heavy atom. The van der Waals surface area contributed by atoms with Gasteiger partial charge >= 0.3 is 0 Å². The van der Waals surface area contributed by atoms with E-state index in [9.17, 15) is 0 Å². The summed E-state index contributed by atoms with van der Waals surface area (Å²) < 4.78 is 2.32. The molecule has 1 fully saturated rings. The van der Waals surface area contributed by atoms with Crippen molar-refractivity contribution >= 4 is 0 Å². The third kappa shape index (κ3) is 2.07. The minimum absolute atomic E-state index is 0.330. The highest BCUT2D eigenvalue weighted by Gasteiger charge is 2.31. The Kier molecular flexibility index (Phi) is 3.10. The molecular weight excluding hydrogens is 186 g/mol. The Bertz CT molecular complexity index is 310. The molecule has 0 atom stereocenters. The number of piperidine rings is 1. The number of nitrogens with zero attached hydrogens (tertiary/aromatic N) is 2. The Balaban J connectivity index is 2.22. The van der Waals surface area contributed by atoms with Gasteiger partial charge < -0.3 is 9.88 Å². The van der Waals surface area contributed by atoms with Gasteiger partial charge in [0.2, 0.25) is 0 Å². The third-order valence-corrected chi connectivity index (χ3v) is 3.50. The molecule has 1 aliphatic rings. The topological polar surface area (TPSA) is 29.9 Å². The molecule has 1 aliphatic heterocycles. The van der Waals surface area contributed by atoms with E-state index >= 15 is 0 Å². The van der Waals surface area contributed by atoms with Crippen molar-refractivity contribution in [2.24, 2.45) is 0 Å². The molecule has 3 heteroatoms. The summed E-state index contributed by atoms with van der Waals surface area (Å²) in [6.07, 6.45) is 7.66. The van der Waals surface area contributed by atoms with Crippen LogP contribution in [0, 0.1) is 0 Å². The van der Waals surface area contributed by atoms with E-state index in [0.717, 1.165) is 19.6 Å². The Labute approximate surface area is 91.9 Å². The second kappa shape index (κ2) is 4.35. The number of hydrogen-bond donors (Lipinski definition) is 1. The Morgan fingerprint density at radius 1 is 1.47 bits per heavy atom. The lowest BCUT2D eigenvalue weighted by Gasteiger charge is -2.34. The van der Waals surface area contributed by atoms with Crippen LogP contribution in [0.4, 0.5) is 0 Å². The molecule has 0 aliphatic carbocycles. The van der Waals surface area contributed by atoms with Gasteiger partial charge in [0.1, 0.15) is 0 Å². The fourth-order valence-electron chi connectivity index (χ4n) is 2.48. The van der Waals surface area contributed by atoms with Crippen molar-refractivity contribution in [1.29, 1.82) is 0 Å². The summed E-state index contributed by atoms with van der Waals surface area (Å²) in [6, 6.07) is 0. The molecule has 2 rings (SSSR count). The first-order valence-corrected chi connectivity index (χ1v) is 5.97. The first-order valence-electron chi connectivity index (χ1n) is 5.97. The lowest BCUT2D eigenvalue weighted by molar-refractivity contribution is 0.316. The van der Waals surface area contributed by atoms with E-state index in [1.54, 1.807) is 0 Å². The van der Waals surface area contributed by atoms with Gasteiger partial charge in [0, 0.05) is 23.9 Å². The number of nitrogens with one attached hydrogen (secondary N) is 1. The quantitative estimate of drug-likeness (QED) is 0.821. The van der Waals surface area contributed by atoms with Gasteiger partial charge in [-0.3, -0.25) is 0 Å². The van der Waals surface area contributed by atoms with Gasteiger partial charge in [-0.15, -0.1) is 0 Å². The highest BCUT2D eigenvalue weighted by molar-refractivity contribution is 5.15. The van der Waals surface area contributed by atoms with Crippen LogP contribution in [0.25, 0.3) is 0 Å². The third-order valence-electron chi connectivity index (χ3n) is 3.50. The van der Waals surface area contributed by atoms with E-state index in [1.165, 1.54) is 25.0 Å². The average molecular weight is 207 g/mol. The number of imidazole rings is 1. The number of aryl methyl sites for hydroxylation is 1. The molecule has 15 heavy (non-hydrogen) atoms. The van der Waals surface area contributed by atoms with Gasteiger partial charge in [-0.05, 0) is 32.4 Å². The predicted molar refractivity (Wildman–Crippen MR) is 62.0 cm³/mol. The smallest absolute Gasteiger partial charge is 0.0948 e. The molecule has 0 saturated carbocycles. The first-order chi connectivity index (χ1) is 7.26. The monoisotopic (exact) mass is 207 g/mol. The van der Waals surface area contributed by atoms with E-state index in [0.29, 0.717) is 5.41 Å². The normalized spacial score (nSPS) is 20.4. The second-order valence-corrected chi connectivity index (χ2v) is 4.78. The zero-order valence-corrected chi connectivity index (χ0v) is 9.79. The molecule has 0 spiro atoms. The van der Waals surface area contributed by atoms with Crippen LogP contribution in [-0.4, -0.2) is 22.6 Å². The fraction of sp³-hybridized carbons (Fsp3) is 0.750. The van der Waals surface area contributed by atoms with Crippen molar-refractivity contribution in [3.8, 4) is 0 Å². The maximum atomic E-state index is 4.30. The molecule has 3 nitrogen and oxygen atoms in total. The van der Waals surface area contributed by atoms with Crippen molar-refractivity contribution in [3.05, 3.63) is 18.2 Å². The minimum Gasteiger partial charge on any atom is -0.334 e. The first kappa shape index (κ1) is 10.7. The Hall–Kier alpha value is -0.830. The molecule has 0 radical (unpaired) electrons. The minimum atomic E-state index is 0.330. The van der Waals surface area contributed by atoms with Crippen LogP contribution in [0.15, 0.2) is 12.5 Å². The van der Waals surface area contributed by atoms with Crippen LogP contribution in [-0.2, 0) is 12.0 Å². The zero-order chi connectivity index (χ0) is 10.7. The fourth-order valence-corrected chi connectivity index (χ4v) is 2.48. The lowest BCUT2D eigenvalue weighted by atomic mass is 9.78. The van der Waals surface area contributed by atoms with E-state index in [2.05, 4.69) is 34.9 Å². The molecule has 1 aromatic rings. The number of hydrogen-bond acceptors (Lipinski definition) is 2. The van der Waals surface area contributed by atoms with Crippen LogP contribution in [0.3, 0.4) is 0 Å². The van der Waals surface area contributed by atoms with E-state index in [-0.39, 0.29) is 0 Å². The predicted octanol–water partition coefficient (Wildman–Crippen LogP) is 1.93. The summed E-state index contributed by atoms with van der Waals surface area (Å²) >= 11 is 0. The van der Waals surface area contributed by atoms with Gasteiger partial charge in [0.05, 0.1) is 6.33 Å². The maximum absolute atomic E-state index is 4.30. The summed E-state index contributed by atoms with van der Waals surface area (Å²) in [5.41, 5.74) is 1.75. The van der Waals surface area contributed by atoms with E-state index in [1.807, 2.05) is 6.33 Å². The molecule has 84 valence electrons. The molecule has 1 aromatic heterocycles. The van der Waals surface area contributed by atoms with Crippen molar-refractivity contribution < 1.29 is 0 Å². The van der Waals surface area contributed by atoms with Crippen molar-refractivity contribution in [2.45, 2.75) is 45.1 Å². The molecule has 0 unspecified atom stereocenters. The van der Waals surface area contributed by atoms with Crippen molar-refractivity contribution in [3.63, 3.8) is 0 Å². The van der Waals surface area contributed by atoms with E-state index < -0.39 is 0 Å². The van der Waals surface area contributed by atoms with Crippen LogP contribution in [0.1, 0.15) is 38.8 Å². The van der Waals surface area contributed by atoms with Crippen LogP contribution < -0.4 is 5.32 Å². The number of rotatable bonds is 3. The highest BCUT2D eigenvalue weighted by atomic mass is 15.1. The molecule has 0 aromatic carbocycles. The summed E-state index contributed by atoms with van der Waals surface area (Å²) in [5, 5.41) is 3.42. The molecule has 0 amide bonds. The van der Waals surface area contributed by atoms with Gasteiger partial charge in [0.15, 0.2) is 0 Å². The standard InChI is InChI=1S/C12H21N3/c1-3-8-15-10-14-9-11(15)12(2)4-6-13-7-5-12/h9-10,13H,3-8H2,1-2H3. The molecule has 0 bridgehead atoms. The molecule has 2 heterocycles. The van der Waals surface area contributed by atoms with Crippen LogP contribution in [0.2, 0.25) is 0 Å². The van der Waals surface area contributed by atoms with Gasteiger partial charge in [-0.25, -0.2) is 4.98 Å². The van der Waals surface area contributed by atoms with Gasteiger partial charge in [-0.2, -0.15) is 0 Å². The summed E-state index contributed by atoms with van der Waals surface area (Å²) in [6.45, 7) is 7.95. The Morgan fingerprint density at radius 3 is 2.87 bits per heavy atom. The average Bonchev–Trinajstić information content (AvgIpc) is 2.68. The van der Waals surface area contributed by atoms with Gasteiger partial charge in [0.25, 0.3) is 0 Å². The zero-order valence-electron chi connectivity index (χ0n) is 9.79. The maximum Gasteiger partial charge on any atom is 0.0948 e. The van der Waals surface area contributed by atoms with Gasteiger partial charge in [-0.1, -0.05) is 13.8 Å². The van der Waals surface area contributed by atoms with Crippen LogP contribution in [0.5, 0.6) is 0 Å². The molecule has 1 saturated heterocycles. The summed E-state index contributed by atoms with van der Waals surface area (Å²) in [5.74, 6) is 0. The second-order valence-electron chi connectivity index (χ2n) is 4.78. The summed E-state index contributed by atoms with van der Waals surface area (Å²) in [4.78, 5) is 4.30. The van der Waals surface area contributed by atoms with Crippen molar-refractivity contribution in [2.75, 3.05) is 13.1 Å². The highest BCUT2D eigenvalue weighted by Crippen LogP contribution is 2.32. The lowest BCUT2D eigenvalue weighted by Crippen LogP contribution is -2.38. The largest absolute Gasteiger partial charge is 0.334 e. The SMILES string of the molecule is CCCn1cncc1C1(C)CCNCC1. The number of aromatic nitrogens is 2. The van der Waals surface area contributed by atoms with Crippen LogP contribution >= 0.6 is 0 Å².